The molecule has 0 aliphatic carbocycles. The molecule has 2 heterocycles. The lowest BCUT2D eigenvalue weighted by Crippen LogP contribution is -2.46. The fraction of sp³-hybridized carbons (Fsp3) is 0.364. The van der Waals surface area contributed by atoms with Crippen molar-refractivity contribution in [2.45, 2.75) is 18.2 Å². The zero-order chi connectivity index (χ0) is 22.7. The van der Waals surface area contributed by atoms with Gasteiger partial charge in [0.25, 0.3) is 0 Å². The summed E-state index contributed by atoms with van der Waals surface area (Å²) in [6.45, 7) is 4.64. The molecule has 1 aliphatic rings. The van der Waals surface area contributed by atoms with E-state index in [1.165, 1.54) is 15.6 Å². The van der Waals surface area contributed by atoms with Gasteiger partial charge in [-0.25, -0.2) is 13.4 Å². The third kappa shape index (κ3) is 5.26. The summed E-state index contributed by atoms with van der Waals surface area (Å²) in [4.78, 5) is 19.0. The Kier molecular flexibility index (Phi) is 6.75. The molecule has 0 radical (unpaired) electrons. The fourth-order valence-corrected chi connectivity index (χ4v) is 5.82. The van der Waals surface area contributed by atoms with Crippen LogP contribution in [0.4, 0.5) is 5.13 Å². The number of anilines is 1. The molecule has 10 heteroatoms. The zero-order valence-corrected chi connectivity index (χ0v) is 19.7. The van der Waals surface area contributed by atoms with Gasteiger partial charge in [0.05, 0.1) is 28.1 Å². The highest BCUT2D eigenvalue weighted by molar-refractivity contribution is 7.89. The van der Waals surface area contributed by atoms with Crippen molar-refractivity contribution in [2.24, 2.45) is 0 Å². The number of aryl methyl sites for hydroxylation is 1. The summed E-state index contributed by atoms with van der Waals surface area (Å²) in [6.07, 6.45) is 0.187. The molecule has 1 N–H and O–H groups in total. The van der Waals surface area contributed by atoms with E-state index in [1.807, 2.05) is 38.2 Å². The van der Waals surface area contributed by atoms with Crippen LogP contribution in [0.3, 0.4) is 0 Å². The Morgan fingerprint density at radius 3 is 2.56 bits per heavy atom. The molecule has 170 valence electrons. The zero-order valence-electron chi connectivity index (χ0n) is 18.1. The number of nitrogens with one attached hydrogen (secondary N) is 1. The average molecular weight is 475 g/mol. The first-order valence-electron chi connectivity index (χ1n) is 10.4. The highest BCUT2D eigenvalue weighted by atomic mass is 32.2. The van der Waals surface area contributed by atoms with Crippen LogP contribution in [-0.4, -0.2) is 68.3 Å². The number of aromatic nitrogens is 1. The van der Waals surface area contributed by atoms with Crippen molar-refractivity contribution in [3.05, 3.63) is 48.0 Å². The largest absolute Gasteiger partial charge is 0.493 e. The molecule has 0 saturated carbocycles. The van der Waals surface area contributed by atoms with E-state index in [1.54, 1.807) is 18.2 Å². The standard InChI is InChI=1S/C22H26N4O4S2/c1-16-3-5-17(6-4-16)30-14-9-21(27)24-22-23-19-8-7-18(15-20(19)31-22)32(28,29)26-12-10-25(2)11-13-26/h3-8,15H,9-14H2,1-2H3,(H,23,24,27). The quantitative estimate of drug-likeness (QED) is 0.566. The van der Waals surface area contributed by atoms with Crippen molar-refractivity contribution < 1.29 is 17.9 Å². The maximum atomic E-state index is 13.0. The van der Waals surface area contributed by atoms with Gasteiger partial charge in [-0.3, -0.25) is 4.79 Å². The number of sulfonamides is 1. The minimum absolute atomic E-state index is 0.187. The summed E-state index contributed by atoms with van der Waals surface area (Å²) in [5.41, 5.74) is 1.80. The first-order valence-corrected chi connectivity index (χ1v) is 12.7. The number of piperazine rings is 1. The number of carbonyl (C=O) groups excluding carboxylic acids is 1. The van der Waals surface area contributed by atoms with Gasteiger partial charge >= 0.3 is 0 Å². The third-order valence-corrected chi connectivity index (χ3v) is 8.15. The maximum absolute atomic E-state index is 13.0. The van der Waals surface area contributed by atoms with Crippen LogP contribution in [0.15, 0.2) is 47.4 Å². The number of benzene rings is 2. The number of likely N-dealkylation sites (N-methyl/N-ethyl adjacent to an activating group) is 1. The van der Waals surface area contributed by atoms with E-state index < -0.39 is 10.0 Å². The van der Waals surface area contributed by atoms with E-state index in [0.29, 0.717) is 41.5 Å². The molecule has 32 heavy (non-hydrogen) atoms. The number of carbonyl (C=O) groups is 1. The topological polar surface area (TPSA) is 91.8 Å². The lowest BCUT2D eigenvalue weighted by atomic mass is 10.2. The Labute approximate surface area is 191 Å². The van der Waals surface area contributed by atoms with Gasteiger partial charge in [-0.1, -0.05) is 29.0 Å². The van der Waals surface area contributed by atoms with Crippen LogP contribution in [0.25, 0.3) is 10.2 Å². The number of rotatable bonds is 7. The van der Waals surface area contributed by atoms with Crippen LogP contribution in [0.2, 0.25) is 0 Å². The summed E-state index contributed by atoms with van der Waals surface area (Å²) >= 11 is 1.26. The molecule has 3 aromatic rings. The summed E-state index contributed by atoms with van der Waals surface area (Å²) in [7, 11) is -1.57. The normalized spacial score (nSPS) is 15.7. The van der Waals surface area contributed by atoms with Crippen LogP contribution in [-0.2, 0) is 14.8 Å². The number of ether oxygens (including phenoxy) is 1. The molecule has 0 atom stereocenters. The second-order valence-corrected chi connectivity index (χ2v) is 10.8. The Bertz CT molecular complexity index is 1200. The van der Waals surface area contributed by atoms with Gasteiger partial charge < -0.3 is 15.0 Å². The third-order valence-electron chi connectivity index (χ3n) is 5.33. The summed E-state index contributed by atoms with van der Waals surface area (Å²) in [5, 5.41) is 3.22. The maximum Gasteiger partial charge on any atom is 0.243 e. The Morgan fingerprint density at radius 2 is 1.84 bits per heavy atom. The predicted molar refractivity (Wildman–Crippen MR) is 126 cm³/mol. The molecule has 1 saturated heterocycles. The van der Waals surface area contributed by atoms with Gasteiger partial charge in [0, 0.05) is 26.2 Å². The number of nitrogens with zero attached hydrogens (tertiary/aromatic N) is 3. The molecular weight excluding hydrogens is 448 g/mol. The van der Waals surface area contributed by atoms with E-state index in [4.69, 9.17) is 4.74 Å². The summed E-state index contributed by atoms with van der Waals surface area (Å²) < 4.78 is 33.8. The van der Waals surface area contributed by atoms with Gasteiger partial charge in [-0.05, 0) is 44.3 Å². The van der Waals surface area contributed by atoms with Crippen LogP contribution in [0.5, 0.6) is 5.75 Å². The second kappa shape index (κ2) is 9.53. The molecule has 1 aromatic heterocycles. The van der Waals surface area contributed by atoms with Crippen molar-refractivity contribution in [3.8, 4) is 5.75 Å². The second-order valence-electron chi connectivity index (χ2n) is 7.82. The SMILES string of the molecule is Cc1ccc(OCCC(=O)Nc2nc3ccc(S(=O)(=O)N4CCN(C)CC4)cc3s2)cc1. The Balaban J connectivity index is 1.38. The van der Waals surface area contributed by atoms with Gasteiger partial charge in [-0.2, -0.15) is 4.31 Å². The molecule has 1 fully saturated rings. The van der Waals surface area contributed by atoms with Crippen molar-refractivity contribution in [1.29, 1.82) is 0 Å². The molecule has 2 aromatic carbocycles. The van der Waals surface area contributed by atoms with Gasteiger partial charge in [-0.15, -0.1) is 0 Å². The molecule has 1 aliphatic heterocycles. The predicted octanol–water partition coefficient (Wildman–Crippen LogP) is 2.95. The van der Waals surface area contributed by atoms with Crippen molar-refractivity contribution in [1.82, 2.24) is 14.2 Å². The Morgan fingerprint density at radius 1 is 1.12 bits per heavy atom. The number of hydrogen-bond acceptors (Lipinski definition) is 7. The number of thiazole rings is 1. The molecule has 0 spiro atoms. The van der Waals surface area contributed by atoms with Crippen LogP contribution >= 0.6 is 11.3 Å². The van der Waals surface area contributed by atoms with Crippen LogP contribution in [0.1, 0.15) is 12.0 Å². The lowest BCUT2D eigenvalue weighted by molar-refractivity contribution is -0.116. The number of amides is 1. The van der Waals surface area contributed by atoms with Gasteiger partial charge in [0.2, 0.25) is 15.9 Å². The van der Waals surface area contributed by atoms with Crippen molar-refractivity contribution in [2.75, 3.05) is 45.2 Å². The molecule has 0 unspecified atom stereocenters. The summed E-state index contributed by atoms with van der Waals surface area (Å²) in [6, 6.07) is 12.5. The fourth-order valence-electron chi connectivity index (χ4n) is 3.37. The Hall–Kier alpha value is -2.53. The highest BCUT2D eigenvalue weighted by Crippen LogP contribution is 2.29. The van der Waals surface area contributed by atoms with E-state index >= 15 is 0 Å². The minimum Gasteiger partial charge on any atom is -0.493 e. The molecular formula is C22H26N4O4S2. The van der Waals surface area contributed by atoms with E-state index in [-0.39, 0.29) is 23.8 Å². The number of fused-ring (bicyclic) bond motifs is 1. The summed E-state index contributed by atoms with van der Waals surface area (Å²) in [5.74, 6) is 0.513. The van der Waals surface area contributed by atoms with E-state index in [2.05, 4.69) is 15.2 Å². The minimum atomic E-state index is -3.55. The van der Waals surface area contributed by atoms with E-state index in [9.17, 15) is 13.2 Å². The monoisotopic (exact) mass is 474 g/mol. The average Bonchev–Trinajstić information content (AvgIpc) is 3.17. The molecule has 8 nitrogen and oxygen atoms in total. The smallest absolute Gasteiger partial charge is 0.243 e. The lowest BCUT2D eigenvalue weighted by Gasteiger charge is -2.31. The van der Waals surface area contributed by atoms with Crippen molar-refractivity contribution >= 4 is 42.6 Å². The van der Waals surface area contributed by atoms with Crippen LogP contribution in [0, 0.1) is 6.92 Å². The molecule has 0 bridgehead atoms. The number of hydrogen-bond donors (Lipinski definition) is 1. The highest BCUT2D eigenvalue weighted by Gasteiger charge is 2.27. The van der Waals surface area contributed by atoms with Crippen LogP contribution < -0.4 is 10.1 Å². The van der Waals surface area contributed by atoms with Gasteiger partial charge in [0.15, 0.2) is 5.13 Å². The molecule has 4 rings (SSSR count). The molecule has 1 amide bonds. The van der Waals surface area contributed by atoms with Gasteiger partial charge in [0.1, 0.15) is 5.75 Å². The first kappa shape index (κ1) is 22.7. The van der Waals surface area contributed by atoms with Crippen molar-refractivity contribution in [3.63, 3.8) is 0 Å². The first-order chi connectivity index (χ1) is 15.3. The van der Waals surface area contributed by atoms with E-state index in [0.717, 1.165) is 11.3 Å².